The van der Waals surface area contributed by atoms with E-state index in [1.54, 1.807) is 0 Å². The molecule has 1 saturated carbocycles. The quantitative estimate of drug-likeness (QED) is 0.511. The van der Waals surface area contributed by atoms with Gasteiger partial charge in [-0.3, -0.25) is 4.79 Å². The summed E-state index contributed by atoms with van der Waals surface area (Å²) in [5, 5.41) is 0. The fourth-order valence-electron chi connectivity index (χ4n) is 3.02. The van der Waals surface area contributed by atoms with Gasteiger partial charge in [-0.1, -0.05) is 25.5 Å². The molecule has 0 aliphatic heterocycles. The van der Waals surface area contributed by atoms with Crippen LogP contribution in [0.3, 0.4) is 0 Å². The van der Waals surface area contributed by atoms with Crippen LogP contribution in [0.4, 0.5) is 0 Å². The van der Waals surface area contributed by atoms with Gasteiger partial charge in [0.1, 0.15) is 12.1 Å². The highest BCUT2D eigenvalue weighted by Gasteiger charge is 2.47. The predicted molar refractivity (Wildman–Crippen MR) is 58.3 cm³/mol. The van der Waals surface area contributed by atoms with Gasteiger partial charge in [0.05, 0.1) is 0 Å². The Bertz CT molecular complexity index is 293. The molecule has 0 heterocycles. The van der Waals surface area contributed by atoms with E-state index in [-0.39, 0.29) is 11.8 Å². The normalized spacial score (nSPS) is 37.1. The summed E-state index contributed by atoms with van der Waals surface area (Å²) in [6.07, 6.45) is 8.94. The Kier molecular flexibility index (Phi) is 3.03. The number of ketones is 1. The molecule has 0 aromatic rings. The first-order valence-corrected chi connectivity index (χ1v) is 5.94. The lowest BCUT2D eigenvalue weighted by atomic mass is 9.80. The minimum absolute atomic E-state index is 0.00375. The highest BCUT2D eigenvalue weighted by molar-refractivity contribution is 5.85. The van der Waals surface area contributed by atoms with Crippen LogP contribution in [0.15, 0.2) is 12.2 Å². The van der Waals surface area contributed by atoms with Crippen molar-refractivity contribution in [1.82, 2.24) is 0 Å². The fourth-order valence-corrected chi connectivity index (χ4v) is 3.02. The second-order valence-corrected chi connectivity index (χ2v) is 4.76. The van der Waals surface area contributed by atoms with E-state index in [0.29, 0.717) is 24.0 Å². The summed E-state index contributed by atoms with van der Waals surface area (Å²) in [4.78, 5) is 23.0. The third kappa shape index (κ3) is 1.77. The molecule has 0 saturated heterocycles. The fraction of sp³-hybridized carbons (Fsp3) is 0.692. The van der Waals surface area contributed by atoms with E-state index in [9.17, 15) is 9.59 Å². The van der Waals surface area contributed by atoms with Crippen molar-refractivity contribution in [3.63, 3.8) is 0 Å². The number of carbonyl (C=O) groups excluding carboxylic acids is 2. The van der Waals surface area contributed by atoms with Gasteiger partial charge in [0.2, 0.25) is 0 Å². The van der Waals surface area contributed by atoms with Crippen LogP contribution in [0.5, 0.6) is 0 Å². The minimum atomic E-state index is -0.0237. The summed E-state index contributed by atoms with van der Waals surface area (Å²) in [7, 11) is 0. The molecule has 82 valence electrons. The van der Waals surface area contributed by atoms with Gasteiger partial charge in [0, 0.05) is 18.3 Å². The van der Waals surface area contributed by atoms with Crippen molar-refractivity contribution in [1.29, 1.82) is 0 Å². The van der Waals surface area contributed by atoms with Gasteiger partial charge < -0.3 is 4.79 Å². The Labute approximate surface area is 90.7 Å². The molecule has 2 aliphatic rings. The Morgan fingerprint density at radius 1 is 1.40 bits per heavy atom. The number of Topliss-reactive ketones (excluding diaryl/α,β-unsaturated/α-hetero) is 1. The number of hydrogen-bond donors (Lipinski definition) is 0. The van der Waals surface area contributed by atoms with Crippen LogP contribution in [0.2, 0.25) is 0 Å². The molecule has 0 aromatic carbocycles. The summed E-state index contributed by atoms with van der Waals surface area (Å²) in [6.45, 7) is 2.09. The molecule has 0 N–H and O–H groups in total. The maximum absolute atomic E-state index is 12.0. The smallest absolute Gasteiger partial charge is 0.137 e. The highest BCUT2D eigenvalue weighted by Crippen LogP contribution is 2.47. The molecule has 2 heteroatoms. The van der Waals surface area contributed by atoms with E-state index >= 15 is 0 Å². The lowest BCUT2D eigenvalue weighted by molar-refractivity contribution is -0.128. The molecule has 0 radical (unpaired) electrons. The number of hydrogen-bond acceptors (Lipinski definition) is 2. The van der Waals surface area contributed by atoms with Crippen molar-refractivity contribution >= 4 is 12.1 Å². The van der Waals surface area contributed by atoms with Crippen LogP contribution >= 0.6 is 0 Å². The molecular weight excluding hydrogens is 188 g/mol. The summed E-state index contributed by atoms with van der Waals surface area (Å²) in [6, 6.07) is 0. The van der Waals surface area contributed by atoms with Gasteiger partial charge in [0.25, 0.3) is 0 Å². The van der Waals surface area contributed by atoms with Crippen LogP contribution in [0.25, 0.3) is 0 Å². The SMILES string of the molecule is CCCCC(=O)[C@@H]1[C@H](C=O)[C@@H]2C=C[C@H]1C2. The summed E-state index contributed by atoms with van der Waals surface area (Å²) in [5.41, 5.74) is 0. The van der Waals surface area contributed by atoms with E-state index < -0.39 is 0 Å². The van der Waals surface area contributed by atoms with Gasteiger partial charge in [-0.05, 0) is 24.7 Å². The van der Waals surface area contributed by atoms with E-state index in [1.807, 2.05) is 0 Å². The molecule has 0 aromatic heterocycles. The van der Waals surface area contributed by atoms with Gasteiger partial charge in [-0.2, -0.15) is 0 Å². The van der Waals surface area contributed by atoms with Gasteiger partial charge in [0.15, 0.2) is 0 Å². The summed E-state index contributed by atoms with van der Waals surface area (Å²) in [5.74, 6) is 0.997. The lowest BCUT2D eigenvalue weighted by Gasteiger charge is -2.22. The largest absolute Gasteiger partial charge is 0.303 e. The van der Waals surface area contributed by atoms with Crippen LogP contribution in [-0.4, -0.2) is 12.1 Å². The standard InChI is InChI=1S/C13H18O2/c1-2-3-4-12(15)13-10-6-5-9(7-10)11(13)8-14/h5-6,8-11,13H,2-4,7H2,1H3/t9-,10+,11-,13+/m1/s1. The molecule has 0 amide bonds. The van der Waals surface area contributed by atoms with Gasteiger partial charge in [-0.25, -0.2) is 0 Å². The Hall–Kier alpha value is -0.920. The van der Waals surface area contributed by atoms with Gasteiger partial charge in [-0.15, -0.1) is 0 Å². The van der Waals surface area contributed by atoms with Crippen molar-refractivity contribution in [3.05, 3.63) is 12.2 Å². The zero-order chi connectivity index (χ0) is 10.8. The highest BCUT2D eigenvalue weighted by atomic mass is 16.1. The molecule has 15 heavy (non-hydrogen) atoms. The van der Waals surface area contributed by atoms with Crippen molar-refractivity contribution in [2.75, 3.05) is 0 Å². The third-order valence-corrected chi connectivity index (χ3v) is 3.83. The average molecular weight is 206 g/mol. The van der Waals surface area contributed by atoms with Crippen LogP contribution in [0, 0.1) is 23.7 Å². The van der Waals surface area contributed by atoms with Crippen LogP contribution < -0.4 is 0 Å². The molecular formula is C13H18O2. The first kappa shape index (κ1) is 10.6. The zero-order valence-electron chi connectivity index (χ0n) is 9.19. The van der Waals surface area contributed by atoms with E-state index in [1.165, 1.54) is 0 Å². The van der Waals surface area contributed by atoms with E-state index in [0.717, 1.165) is 25.5 Å². The second kappa shape index (κ2) is 4.30. The summed E-state index contributed by atoms with van der Waals surface area (Å²) < 4.78 is 0. The van der Waals surface area contributed by atoms with Crippen molar-refractivity contribution in [2.24, 2.45) is 23.7 Å². The molecule has 2 bridgehead atoms. The topological polar surface area (TPSA) is 34.1 Å². The number of fused-ring (bicyclic) bond motifs is 2. The maximum atomic E-state index is 12.0. The number of allylic oxidation sites excluding steroid dienone is 2. The molecule has 2 rings (SSSR count). The van der Waals surface area contributed by atoms with Crippen LogP contribution in [-0.2, 0) is 9.59 Å². The first-order chi connectivity index (χ1) is 7.27. The lowest BCUT2D eigenvalue weighted by Crippen LogP contribution is -2.28. The summed E-state index contributed by atoms with van der Waals surface area (Å²) >= 11 is 0. The Balaban J connectivity index is 2.05. The number of aldehydes is 1. The van der Waals surface area contributed by atoms with E-state index in [4.69, 9.17) is 0 Å². The number of carbonyl (C=O) groups is 2. The zero-order valence-corrected chi connectivity index (χ0v) is 9.19. The molecule has 4 atom stereocenters. The molecule has 1 fully saturated rings. The van der Waals surface area contributed by atoms with Crippen molar-refractivity contribution in [3.8, 4) is 0 Å². The predicted octanol–water partition coefficient (Wildman–Crippen LogP) is 2.38. The van der Waals surface area contributed by atoms with Crippen molar-refractivity contribution < 1.29 is 9.59 Å². The molecule has 2 nitrogen and oxygen atoms in total. The molecule has 0 spiro atoms. The third-order valence-electron chi connectivity index (χ3n) is 3.83. The maximum Gasteiger partial charge on any atom is 0.137 e. The molecule has 2 aliphatic carbocycles. The number of unbranched alkanes of at least 4 members (excludes halogenated alkanes) is 1. The minimum Gasteiger partial charge on any atom is -0.303 e. The monoisotopic (exact) mass is 206 g/mol. The van der Waals surface area contributed by atoms with Crippen molar-refractivity contribution in [2.45, 2.75) is 32.6 Å². The first-order valence-electron chi connectivity index (χ1n) is 5.94. The second-order valence-electron chi connectivity index (χ2n) is 4.76. The van der Waals surface area contributed by atoms with Crippen LogP contribution in [0.1, 0.15) is 32.6 Å². The number of rotatable bonds is 5. The van der Waals surface area contributed by atoms with Gasteiger partial charge >= 0.3 is 0 Å². The average Bonchev–Trinajstić information content (AvgIpc) is 2.84. The Morgan fingerprint density at radius 2 is 2.13 bits per heavy atom. The molecule has 0 unspecified atom stereocenters. The Morgan fingerprint density at radius 3 is 2.80 bits per heavy atom. The van der Waals surface area contributed by atoms with E-state index in [2.05, 4.69) is 19.1 Å².